The molecule has 3 heterocycles. The van der Waals surface area contributed by atoms with Crippen LogP contribution in [0.15, 0.2) is 103 Å². The van der Waals surface area contributed by atoms with Crippen LogP contribution in [0.2, 0.25) is 0 Å². The molecule has 0 amide bonds. The topological polar surface area (TPSA) is 6.48 Å². The van der Waals surface area contributed by atoms with E-state index in [0.717, 1.165) is 0 Å². The molecule has 2 aliphatic carbocycles. The van der Waals surface area contributed by atoms with E-state index in [-0.39, 0.29) is 44.6 Å². The number of thiophene rings is 1. The van der Waals surface area contributed by atoms with E-state index in [0.29, 0.717) is 0 Å². The molecule has 71 heavy (non-hydrogen) atoms. The monoisotopic (exact) mass is 955 g/mol. The Balaban J connectivity index is 1.27. The summed E-state index contributed by atoms with van der Waals surface area (Å²) in [6.45, 7) is 43.3. The van der Waals surface area contributed by atoms with Crippen LogP contribution in [0, 0.1) is 6.92 Å². The Morgan fingerprint density at radius 2 is 0.972 bits per heavy atom. The number of hydrogen-bond acceptors (Lipinski definition) is 3. The number of nitrogens with zero attached hydrogens (tertiary/aromatic N) is 2. The van der Waals surface area contributed by atoms with Crippen molar-refractivity contribution in [2.45, 2.75) is 188 Å². The summed E-state index contributed by atoms with van der Waals surface area (Å²) in [6.07, 6.45) is 4.74. The van der Waals surface area contributed by atoms with Crippen molar-refractivity contribution in [2.24, 2.45) is 0 Å². The molecule has 0 atom stereocenters. The fraction of sp³-hybridized carbons (Fsp3) is 0.433. The van der Waals surface area contributed by atoms with E-state index in [4.69, 9.17) is 0 Å². The van der Waals surface area contributed by atoms with Crippen molar-refractivity contribution < 1.29 is 0 Å². The molecule has 4 aliphatic rings. The van der Waals surface area contributed by atoms with Crippen molar-refractivity contribution in [1.29, 1.82) is 0 Å². The minimum Gasteiger partial charge on any atom is -0.311 e. The lowest BCUT2D eigenvalue weighted by atomic mass is 9.35. The third-order valence-corrected chi connectivity index (χ3v) is 19.1. The number of hydrogen-bond donors (Lipinski definition) is 0. The van der Waals surface area contributed by atoms with E-state index < -0.39 is 0 Å². The molecular weight excluding hydrogens is 876 g/mol. The minimum atomic E-state index is -0.0257. The zero-order valence-corrected chi connectivity index (χ0v) is 47.3. The molecule has 0 N–H and O–H groups in total. The highest BCUT2D eigenvalue weighted by molar-refractivity contribution is 7.33. The normalized spacial score (nSPS) is 18.4. The van der Waals surface area contributed by atoms with Crippen molar-refractivity contribution >= 4 is 78.0 Å². The first-order valence-corrected chi connectivity index (χ1v) is 27.7. The van der Waals surface area contributed by atoms with Crippen LogP contribution in [0.5, 0.6) is 0 Å². The molecule has 11 rings (SSSR count). The first-order chi connectivity index (χ1) is 33.0. The molecule has 6 aromatic carbocycles. The highest BCUT2D eigenvalue weighted by atomic mass is 32.1. The summed E-state index contributed by atoms with van der Waals surface area (Å²) in [7, 11) is 0. The van der Waals surface area contributed by atoms with Crippen molar-refractivity contribution in [1.82, 2.24) is 0 Å². The second kappa shape index (κ2) is 15.5. The van der Waals surface area contributed by atoms with Gasteiger partial charge in [0, 0.05) is 43.2 Å². The summed E-state index contributed by atoms with van der Waals surface area (Å²) in [5.41, 5.74) is 24.9. The van der Waals surface area contributed by atoms with Crippen LogP contribution < -0.4 is 25.5 Å². The highest BCUT2D eigenvalue weighted by Crippen LogP contribution is 2.55. The summed E-state index contributed by atoms with van der Waals surface area (Å²) in [5.74, 6) is 0. The van der Waals surface area contributed by atoms with Crippen LogP contribution in [-0.4, -0.2) is 6.71 Å². The van der Waals surface area contributed by atoms with Gasteiger partial charge in [0.1, 0.15) is 0 Å². The van der Waals surface area contributed by atoms with Crippen molar-refractivity contribution in [3.8, 4) is 11.1 Å². The molecule has 0 fully saturated rings. The maximum absolute atomic E-state index is 2.72. The van der Waals surface area contributed by atoms with E-state index in [1.807, 2.05) is 11.3 Å². The Hall–Kier alpha value is -5.06. The molecule has 0 saturated carbocycles. The fourth-order valence-electron chi connectivity index (χ4n) is 13.0. The third kappa shape index (κ3) is 7.60. The average Bonchev–Trinajstić information content (AvgIpc) is 3.66. The van der Waals surface area contributed by atoms with Gasteiger partial charge >= 0.3 is 0 Å². The van der Waals surface area contributed by atoms with Gasteiger partial charge in [0.25, 0.3) is 6.71 Å². The second-order valence-corrected chi connectivity index (χ2v) is 29.2. The Labute approximate surface area is 432 Å². The first kappa shape index (κ1) is 48.2. The molecule has 0 bridgehead atoms. The van der Waals surface area contributed by atoms with Gasteiger partial charge in [-0.2, -0.15) is 0 Å². The SMILES string of the molecule is Cc1cc2c3c(c1)N(c1ccc(C(C)(C)C)cc1-c1ccc(C(C)(C)C)cc1)c1c(sc4cc(C(C)(C)C)ccc14)B3c1cc3c(cc1N2c1ccc2c(c1)C(C)(C)CCC2(C)C)C(C)(C)CCC3(C)C. The van der Waals surface area contributed by atoms with E-state index in [1.165, 1.54) is 141 Å². The summed E-state index contributed by atoms with van der Waals surface area (Å²) in [4.78, 5) is 5.44. The van der Waals surface area contributed by atoms with Crippen molar-refractivity contribution in [3.05, 3.63) is 148 Å². The van der Waals surface area contributed by atoms with Crippen LogP contribution in [0.25, 0.3) is 21.2 Å². The van der Waals surface area contributed by atoms with Crippen LogP contribution >= 0.6 is 11.3 Å². The van der Waals surface area contributed by atoms with E-state index in [2.05, 4.69) is 238 Å². The van der Waals surface area contributed by atoms with Gasteiger partial charge in [-0.1, -0.05) is 172 Å². The molecule has 2 nitrogen and oxygen atoms in total. The molecule has 0 radical (unpaired) electrons. The third-order valence-electron chi connectivity index (χ3n) is 17.9. The predicted octanol–water partition coefficient (Wildman–Crippen LogP) is 17.5. The molecule has 0 spiro atoms. The molecule has 1 aromatic heterocycles. The van der Waals surface area contributed by atoms with Gasteiger partial charge in [-0.15, -0.1) is 11.3 Å². The quantitative estimate of drug-likeness (QED) is 0.163. The first-order valence-electron chi connectivity index (χ1n) is 26.9. The maximum Gasteiger partial charge on any atom is 0.264 e. The Morgan fingerprint density at radius 3 is 1.56 bits per heavy atom. The predicted molar refractivity (Wildman–Crippen MR) is 313 cm³/mol. The summed E-state index contributed by atoms with van der Waals surface area (Å²) >= 11 is 2.04. The van der Waals surface area contributed by atoms with Crippen LogP contribution in [0.3, 0.4) is 0 Å². The number of aryl methyl sites for hydroxylation is 1. The molecule has 366 valence electrons. The smallest absolute Gasteiger partial charge is 0.264 e. The molecule has 2 aliphatic heterocycles. The van der Waals surface area contributed by atoms with Gasteiger partial charge in [-0.05, 0) is 180 Å². The maximum atomic E-state index is 2.72. The summed E-state index contributed by atoms with van der Waals surface area (Å²) in [5, 5.41) is 1.34. The zero-order chi connectivity index (χ0) is 50.9. The summed E-state index contributed by atoms with van der Waals surface area (Å²) < 4.78 is 2.81. The van der Waals surface area contributed by atoms with Gasteiger partial charge in [0.15, 0.2) is 0 Å². The molecule has 0 saturated heterocycles. The largest absolute Gasteiger partial charge is 0.311 e. The van der Waals surface area contributed by atoms with Crippen molar-refractivity contribution in [2.75, 3.05) is 9.80 Å². The average molecular weight is 955 g/mol. The lowest BCUT2D eigenvalue weighted by Crippen LogP contribution is -2.61. The number of rotatable bonds is 3. The number of anilines is 6. The standard InChI is InChI=1S/C67H79BN2S/c1-40-33-55-58-56(34-40)70(53-28-24-43(62(5,6)7)35-47(53)41-19-21-42(22-20-41)61(2,3)4)59-46-26-23-44(63(8,9)10)36-57(46)71-60(59)68(58)52-38-50-51(67(17,18)32-31-66(50,15)16)39-54(52)69(55)45-25-27-48-49(37-45)65(13,14)30-29-64(48,11)12/h19-28,33-39H,29-32H2,1-18H3. The Morgan fingerprint density at radius 1 is 0.465 bits per heavy atom. The van der Waals surface area contributed by atoms with Crippen LogP contribution in [0.4, 0.5) is 34.1 Å². The van der Waals surface area contributed by atoms with E-state index >= 15 is 0 Å². The Bertz CT molecular complexity index is 3330. The highest BCUT2D eigenvalue weighted by Gasteiger charge is 2.49. The van der Waals surface area contributed by atoms with Gasteiger partial charge in [-0.25, -0.2) is 0 Å². The summed E-state index contributed by atoms with van der Waals surface area (Å²) in [6, 6.07) is 42.3. The number of benzene rings is 6. The van der Waals surface area contributed by atoms with E-state index in [1.54, 1.807) is 0 Å². The molecule has 4 heteroatoms. The van der Waals surface area contributed by atoms with Gasteiger partial charge in [0.05, 0.1) is 11.4 Å². The lowest BCUT2D eigenvalue weighted by molar-refractivity contribution is 0.332. The van der Waals surface area contributed by atoms with Gasteiger partial charge in [0.2, 0.25) is 0 Å². The van der Waals surface area contributed by atoms with Crippen LogP contribution in [-0.2, 0) is 37.9 Å². The fourth-order valence-corrected chi connectivity index (χ4v) is 14.3. The molecule has 0 unspecified atom stereocenters. The number of fused-ring (bicyclic) bond motifs is 8. The van der Waals surface area contributed by atoms with E-state index in [9.17, 15) is 0 Å². The minimum absolute atomic E-state index is 0.0227. The second-order valence-electron chi connectivity index (χ2n) is 28.1. The Kier molecular flexibility index (Phi) is 10.5. The van der Waals surface area contributed by atoms with Gasteiger partial charge in [-0.3, -0.25) is 0 Å². The van der Waals surface area contributed by atoms with Crippen LogP contribution in [0.1, 0.15) is 188 Å². The lowest BCUT2D eigenvalue weighted by Gasteiger charge is -2.47. The molecular formula is C67H79BN2S. The molecule has 7 aromatic rings. The van der Waals surface area contributed by atoms with Gasteiger partial charge < -0.3 is 9.80 Å². The zero-order valence-electron chi connectivity index (χ0n) is 46.5. The van der Waals surface area contributed by atoms with Crippen molar-refractivity contribution in [3.63, 3.8) is 0 Å².